The summed E-state index contributed by atoms with van der Waals surface area (Å²) in [6.45, 7) is 5.23. The fraction of sp³-hybridized carbons (Fsp3) is 0.529. The third kappa shape index (κ3) is 5.69. The molecule has 1 aliphatic rings. The molecule has 0 atom stereocenters. The number of methoxy groups -OCH3 is 1. The van der Waals surface area contributed by atoms with Gasteiger partial charge in [-0.05, 0) is 31.5 Å². The second-order valence-electron chi connectivity index (χ2n) is 5.50. The van der Waals surface area contributed by atoms with Crippen molar-refractivity contribution in [3.63, 3.8) is 0 Å². The molecule has 0 bridgehead atoms. The predicted molar refractivity (Wildman–Crippen MR) is 94.4 cm³/mol. The number of Topliss-reactive ketones (excluding diaryl/α,β-unsaturated/α-hetero) is 1. The number of halogens is 1. The third-order valence-corrected chi connectivity index (χ3v) is 3.83. The smallest absolute Gasteiger partial charge is 0.222 e. The lowest BCUT2D eigenvalue weighted by Crippen LogP contribution is -2.46. The van der Waals surface area contributed by atoms with Gasteiger partial charge in [-0.25, -0.2) is 0 Å². The van der Waals surface area contributed by atoms with Gasteiger partial charge in [-0.1, -0.05) is 0 Å². The topological polar surface area (TPSA) is 67.9 Å². The highest BCUT2D eigenvalue weighted by molar-refractivity contribution is 5.94. The molecule has 1 amide bonds. The average molecular weight is 357 g/mol. The van der Waals surface area contributed by atoms with Gasteiger partial charge >= 0.3 is 0 Å². The van der Waals surface area contributed by atoms with E-state index in [9.17, 15) is 9.59 Å². The lowest BCUT2D eigenvalue weighted by Gasteiger charge is -2.27. The van der Waals surface area contributed by atoms with Gasteiger partial charge in [0.2, 0.25) is 5.91 Å². The van der Waals surface area contributed by atoms with Crippen molar-refractivity contribution in [3.05, 3.63) is 23.8 Å². The van der Waals surface area contributed by atoms with Gasteiger partial charge in [0.1, 0.15) is 0 Å². The standard InChI is InChI=1S/C17H24N2O4.ClH/c1-13(20)14-5-6-15(16(12-14)22-2)23-11-3-4-17(21)19-9-7-18-8-10-19;/h5-6,12,18H,3-4,7-11H2,1-2H3;1H. The molecule has 0 unspecified atom stereocenters. The number of ether oxygens (including phenoxy) is 2. The summed E-state index contributed by atoms with van der Waals surface area (Å²) >= 11 is 0. The molecular weight excluding hydrogens is 332 g/mol. The highest BCUT2D eigenvalue weighted by atomic mass is 35.5. The van der Waals surface area contributed by atoms with Crippen LogP contribution in [0.2, 0.25) is 0 Å². The van der Waals surface area contributed by atoms with Crippen LogP contribution in [0.1, 0.15) is 30.1 Å². The molecule has 0 spiro atoms. The van der Waals surface area contributed by atoms with Gasteiger partial charge in [0, 0.05) is 38.2 Å². The zero-order valence-electron chi connectivity index (χ0n) is 14.2. The van der Waals surface area contributed by atoms with Crippen LogP contribution in [0.25, 0.3) is 0 Å². The minimum absolute atomic E-state index is 0. The molecule has 0 aromatic heterocycles. The summed E-state index contributed by atoms with van der Waals surface area (Å²) < 4.78 is 10.9. The summed E-state index contributed by atoms with van der Waals surface area (Å²) in [6.07, 6.45) is 1.13. The van der Waals surface area contributed by atoms with Crippen molar-refractivity contribution in [2.75, 3.05) is 39.9 Å². The Balaban J connectivity index is 0.00000288. The van der Waals surface area contributed by atoms with E-state index in [1.807, 2.05) is 4.90 Å². The second-order valence-corrected chi connectivity index (χ2v) is 5.50. The van der Waals surface area contributed by atoms with Crippen LogP contribution in [0, 0.1) is 0 Å². The Morgan fingerprint density at radius 2 is 1.92 bits per heavy atom. The monoisotopic (exact) mass is 356 g/mol. The second kappa shape index (κ2) is 10.2. The number of benzene rings is 1. The minimum Gasteiger partial charge on any atom is -0.493 e. The first-order chi connectivity index (χ1) is 11.1. The van der Waals surface area contributed by atoms with Crippen LogP contribution in [0.5, 0.6) is 11.5 Å². The van der Waals surface area contributed by atoms with E-state index in [1.54, 1.807) is 25.3 Å². The number of piperazine rings is 1. The number of hydrogen-bond donors (Lipinski definition) is 1. The molecule has 2 rings (SSSR count). The van der Waals surface area contributed by atoms with Crippen molar-refractivity contribution in [1.82, 2.24) is 10.2 Å². The van der Waals surface area contributed by atoms with Gasteiger partial charge in [-0.15, -0.1) is 12.4 Å². The lowest BCUT2D eigenvalue weighted by atomic mass is 10.1. The molecule has 1 saturated heterocycles. The lowest BCUT2D eigenvalue weighted by molar-refractivity contribution is -0.132. The van der Waals surface area contributed by atoms with Crippen molar-refractivity contribution >= 4 is 24.1 Å². The number of carbonyl (C=O) groups is 2. The fourth-order valence-electron chi connectivity index (χ4n) is 2.48. The summed E-state index contributed by atoms with van der Waals surface area (Å²) in [7, 11) is 1.54. The molecule has 1 N–H and O–H groups in total. The summed E-state index contributed by atoms with van der Waals surface area (Å²) in [5, 5.41) is 3.23. The molecule has 24 heavy (non-hydrogen) atoms. The maximum absolute atomic E-state index is 12.0. The van der Waals surface area contributed by atoms with E-state index in [0.717, 1.165) is 26.2 Å². The molecule has 1 aliphatic heterocycles. The van der Waals surface area contributed by atoms with Crippen molar-refractivity contribution in [2.24, 2.45) is 0 Å². The quantitative estimate of drug-likeness (QED) is 0.597. The van der Waals surface area contributed by atoms with E-state index in [0.29, 0.717) is 36.5 Å². The number of ketones is 1. The number of rotatable bonds is 7. The number of amides is 1. The Labute approximate surface area is 148 Å². The van der Waals surface area contributed by atoms with Gasteiger partial charge in [0.05, 0.1) is 13.7 Å². The summed E-state index contributed by atoms with van der Waals surface area (Å²) in [5.74, 6) is 1.28. The van der Waals surface area contributed by atoms with E-state index < -0.39 is 0 Å². The molecular formula is C17H25ClN2O4. The molecule has 134 valence electrons. The van der Waals surface area contributed by atoms with Crippen LogP contribution >= 0.6 is 12.4 Å². The Kier molecular flexibility index (Phi) is 8.57. The van der Waals surface area contributed by atoms with E-state index in [-0.39, 0.29) is 24.1 Å². The van der Waals surface area contributed by atoms with Crippen molar-refractivity contribution < 1.29 is 19.1 Å². The zero-order chi connectivity index (χ0) is 16.7. The molecule has 0 saturated carbocycles. The minimum atomic E-state index is -0.0172. The maximum Gasteiger partial charge on any atom is 0.222 e. The highest BCUT2D eigenvalue weighted by Crippen LogP contribution is 2.28. The number of hydrogen-bond acceptors (Lipinski definition) is 5. The van der Waals surface area contributed by atoms with Crippen LogP contribution in [-0.2, 0) is 4.79 Å². The van der Waals surface area contributed by atoms with Gasteiger partial charge in [0.25, 0.3) is 0 Å². The first-order valence-corrected chi connectivity index (χ1v) is 7.92. The number of nitrogens with zero attached hydrogens (tertiary/aromatic N) is 1. The van der Waals surface area contributed by atoms with Gasteiger partial charge in [0.15, 0.2) is 17.3 Å². The SMILES string of the molecule is COc1cc(C(C)=O)ccc1OCCCC(=O)N1CCNCC1.Cl. The Hall–Kier alpha value is -1.79. The Morgan fingerprint density at radius 3 is 2.54 bits per heavy atom. The largest absolute Gasteiger partial charge is 0.493 e. The van der Waals surface area contributed by atoms with Crippen LogP contribution in [-0.4, -0.2) is 56.5 Å². The summed E-state index contributed by atoms with van der Waals surface area (Å²) in [5.41, 5.74) is 0.586. The predicted octanol–water partition coefficient (Wildman–Crippen LogP) is 1.91. The molecule has 6 nitrogen and oxygen atoms in total. The fourth-order valence-corrected chi connectivity index (χ4v) is 2.48. The van der Waals surface area contributed by atoms with Crippen LogP contribution in [0.3, 0.4) is 0 Å². The van der Waals surface area contributed by atoms with Gasteiger partial charge < -0.3 is 19.7 Å². The van der Waals surface area contributed by atoms with Gasteiger partial charge in [-0.2, -0.15) is 0 Å². The summed E-state index contributed by atoms with van der Waals surface area (Å²) in [6, 6.07) is 5.11. The van der Waals surface area contributed by atoms with E-state index in [4.69, 9.17) is 9.47 Å². The molecule has 1 aromatic carbocycles. The first kappa shape index (κ1) is 20.3. The highest BCUT2D eigenvalue weighted by Gasteiger charge is 2.15. The Bertz CT molecular complexity index is 560. The molecule has 1 heterocycles. The van der Waals surface area contributed by atoms with E-state index in [2.05, 4.69) is 5.32 Å². The van der Waals surface area contributed by atoms with Crippen molar-refractivity contribution in [1.29, 1.82) is 0 Å². The van der Waals surface area contributed by atoms with Gasteiger partial charge in [-0.3, -0.25) is 9.59 Å². The van der Waals surface area contributed by atoms with Crippen LogP contribution < -0.4 is 14.8 Å². The average Bonchev–Trinajstić information content (AvgIpc) is 2.59. The molecule has 7 heteroatoms. The zero-order valence-corrected chi connectivity index (χ0v) is 15.0. The molecule has 1 aromatic rings. The molecule has 1 fully saturated rings. The van der Waals surface area contributed by atoms with Crippen molar-refractivity contribution in [3.8, 4) is 11.5 Å². The van der Waals surface area contributed by atoms with Crippen molar-refractivity contribution in [2.45, 2.75) is 19.8 Å². The van der Waals surface area contributed by atoms with Crippen LogP contribution in [0.15, 0.2) is 18.2 Å². The van der Waals surface area contributed by atoms with Crippen LogP contribution in [0.4, 0.5) is 0 Å². The van der Waals surface area contributed by atoms with E-state index in [1.165, 1.54) is 6.92 Å². The number of carbonyl (C=O) groups excluding carboxylic acids is 2. The first-order valence-electron chi connectivity index (χ1n) is 7.92. The normalized spacial score (nSPS) is 13.8. The summed E-state index contributed by atoms with van der Waals surface area (Å²) in [4.78, 5) is 25.3. The molecule has 0 radical (unpaired) electrons. The maximum atomic E-state index is 12.0. The third-order valence-electron chi connectivity index (χ3n) is 3.83. The number of nitrogens with one attached hydrogen (secondary N) is 1. The van der Waals surface area contributed by atoms with E-state index >= 15 is 0 Å². The Morgan fingerprint density at radius 1 is 1.21 bits per heavy atom. The molecule has 0 aliphatic carbocycles.